The average Bonchev–Trinajstić information content (AvgIpc) is 3.21. The van der Waals surface area contributed by atoms with Gasteiger partial charge in [0.2, 0.25) is 5.88 Å². The molecule has 0 bridgehead atoms. The summed E-state index contributed by atoms with van der Waals surface area (Å²) in [6.07, 6.45) is 3.08. The molecule has 0 aliphatic rings. The molecule has 9 nitrogen and oxygen atoms in total. The Kier molecular flexibility index (Phi) is 6.27. The van der Waals surface area contributed by atoms with Crippen LogP contribution in [0.2, 0.25) is 0 Å². The van der Waals surface area contributed by atoms with Crippen molar-refractivity contribution in [3.05, 3.63) is 91.2 Å². The van der Waals surface area contributed by atoms with Crippen LogP contribution >= 0.6 is 15.9 Å². The molecular weight excluding hydrogens is 492 g/mol. The van der Waals surface area contributed by atoms with Crippen molar-refractivity contribution in [2.75, 3.05) is 7.11 Å². The van der Waals surface area contributed by atoms with E-state index in [4.69, 9.17) is 4.74 Å². The van der Waals surface area contributed by atoms with E-state index < -0.39 is 29.1 Å². The molecule has 0 fully saturated rings. The topological polar surface area (TPSA) is 130 Å². The van der Waals surface area contributed by atoms with Crippen molar-refractivity contribution < 1.29 is 14.6 Å². The maximum Gasteiger partial charge on any atom is 0.335 e. The molecule has 3 N–H and O–H groups in total. The van der Waals surface area contributed by atoms with Gasteiger partial charge < -0.3 is 14.8 Å². The van der Waals surface area contributed by atoms with Crippen LogP contribution in [0, 0.1) is 0 Å². The summed E-state index contributed by atoms with van der Waals surface area (Å²) in [6, 6.07) is 13.2. The highest BCUT2D eigenvalue weighted by molar-refractivity contribution is 9.10. The minimum atomic E-state index is -0.971. The Hall–Kier alpha value is -3.92. The maximum absolute atomic E-state index is 12.4. The predicted molar refractivity (Wildman–Crippen MR) is 127 cm³/mol. The second-order valence-corrected chi connectivity index (χ2v) is 8.10. The first-order chi connectivity index (χ1) is 15.9. The zero-order valence-corrected chi connectivity index (χ0v) is 19.0. The number of aromatic amines is 2. The van der Waals surface area contributed by atoms with Gasteiger partial charge in [-0.15, -0.1) is 0 Å². The molecule has 0 saturated carbocycles. The molecule has 0 spiro atoms. The van der Waals surface area contributed by atoms with Crippen LogP contribution in [0.5, 0.6) is 5.88 Å². The summed E-state index contributed by atoms with van der Waals surface area (Å²) in [5, 5.41) is 11.6. The number of H-pyrrole nitrogens is 2. The fourth-order valence-electron chi connectivity index (χ4n) is 3.49. The van der Waals surface area contributed by atoms with Crippen molar-refractivity contribution in [3.63, 3.8) is 0 Å². The third-order valence-corrected chi connectivity index (χ3v) is 5.68. The zero-order chi connectivity index (χ0) is 23.5. The number of para-hydroxylation sites is 1. The second kappa shape index (κ2) is 9.29. The molecule has 0 aliphatic carbocycles. The van der Waals surface area contributed by atoms with Crippen molar-refractivity contribution in [2.24, 2.45) is 4.99 Å². The lowest BCUT2D eigenvalue weighted by molar-refractivity contribution is -0.142. The second-order valence-electron chi connectivity index (χ2n) is 7.19. The number of carbonyl (C=O) groups is 1. The summed E-state index contributed by atoms with van der Waals surface area (Å²) in [7, 11) is 1.25. The molecule has 10 heteroatoms. The lowest BCUT2D eigenvalue weighted by atomic mass is 10.1. The van der Waals surface area contributed by atoms with Crippen molar-refractivity contribution in [1.82, 2.24) is 14.5 Å². The van der Waals surface area contributed by atoms with E-state index in [9.17, 15) is 19.5 Å². The number of ether oxygens (including phenoxy) is 1. The average molecular weight is 511 g/mol. The van der Waals surface area contributed by atoms with Gasteiger partial charge in [-0.05, 0) is 35.9 Å². The van der Waals surface area contributed by atoms with Crippen LogP contribution in [-0.2, 0) is 16.0 Å². The normalized spacial score (nSPS) is 12.3. The number of fused-ring (bicyclic) bond motifs is 1. The van der Waals surface area contributed by atoms with Crippen LogP contribution in [0.3, 0.4) is 0 Å². The largest absolute Gasteiger partial charge is 0.493 e. The van der Waals surface area contributed by atoms with Crippen LogP contribution in [0.25, 0.3) is 16.6 Å². The Labute approximate surface area is 195 Å². The number of esters is 1. The number of rotatable bonds is 6. The van der Waals surface area contributed by atoms with Crippen LogP contribution in [0.15, 0.2) is 73.8 Å². The van der Waals surface area contributed by atoms with Crippen LogP contribution in [0.1, 0.15) is 11.1 Å². The van der Waals surface area contributed by atoms with Crippen LogP contribution in [0.4, 0.5) is 0 Å². The molecule has 1 atom stereocenters. The van der Waals surface area contributed by atoms with E-state index in [1.165, 1.54) is 7.11 Å². The van der Waals surface area contributed by atoms with Gasteiger partial charge >= 0.3 is 11.7 Å². The van der Waals surface area contributed by atoms with Gasteiger partial charge in [-0.3, -0.25) is 14.8 Å². The summed E-state index contributed by atoms with van der Waals surface area (Å²) in [4.78, 5) is 46.7. The van der Waals surface area contributed by atoms with Crippen molar-refractivity contribution in [1.29, 1.82) is 0 Å². The molecule has 33 heavy (non-hydrogen) atoms. The van der Waals surface area contributed by atoms with Gasteiger partial charge in [0.1, 0.15) is 5.56 Å². The highest BCUT2D eigenvalue weighted by Crippen LogP contribution is 2.21. The smallest absolute Gasteiger partial charge is 0.335 e. The third-order valence-electron chi connectivity index (χ3n) is 5.15. The van der Waals surface area contributed by atoms with Gasteiger partial charge in [-0.2, -0.15) is 0 Å². The molecule has 168 valence electrons. The summed E-state index contributed by atoms with van der Waals surface area (Å²) in [6.45, 7) is 0. The van der Waals surface area contributed by atoms with Gasteiger partial charge in [-0.25, -0.2) is 14.2 Å². The van der Waals surface area contributed by atoms with E-state index in [1.807, 2.05) is 24.3 Å². The van der Waals surface area contributed by atoms with Crippen molar-refractivity contribution >= 4 is 39.0 Å². The van der Waals surface area contributed by atoms with Crippen molar-refractivity contribution in [3.8, 4) is 11.6 Å². The minimum Gasteiger partial charge on any atom is -0.493 e. The number of nitrogens with one attached hydrogen (secondary N) is 2. The Morgan fingerprint density at radius 3 is 2.67 bits per heavy atom. The highest BCUT2D eigenvalue weighted by atomic mass is 79.9. The monoisotopic (exact) mass is 510 g/mol. The van der Waals surface area contributed by atoms with E-state index in [2.05, 4.69) is 30.9 Å². The quantitative estimate of drug-likeness (QED) is 0.271. The van der Waals surface area contributed by atoms with Crippen LogP contribution < -0.4 is 11.2 Å². The number of aromatic nitrogens is 3. The van der Waals surface area contributed by atoms with E-state index in [1.54, 1.807) is 30.5 Å². The molecule has 0 radical (unpaired) electrons. The molecular formula is C23H19BrN4O5. The number of halogens is 1. The first-order valence-electron chi connectivity index (χ1n) is 9.89. The summed E-state index contributed by atoms with van der Waals surface area (Å²) in [5.41, 5.74) is 0.206. The van der Waals surface area contributed by atoms with Crippen molar-refractivity contribution in [2.45, 2.75) is 12.5 Å². The predicted octanol–water partition coefficient (Wildman–Crippen LogP) is 2.68. The van der Waals surface area contributed by atoms with Crippen LogP contribution in [-0.4, -0.2) is 45.0 Å². The van der Waals surface area contributed by atoms with E-state index in [-0.39, 0.29) is 12.0 Å². The van der Waals surface area contributed by atoms with E-state index >= 15 is 0 Å². The number of carbonyl (C=O) groups excluding carboxylic acids is 1. The first-order valence-corrected chi connectivity index (χ1v) is 10.7. The lowest BCUT2D eigenvalue weighted by Gasteiger charge is -2.11. The number of benzene rings is 2. The highest BCUT2D eigenvalue weighted by Gasteiger charge is 2.21. The summed E-state index contributed by atoms with van der Waals surface area (Å²) in [5.74, 6) is -1.20. The fraction of sp³-hybridized carbons (Fsp3) is 0.130. The van der Waals surface area contributed by atoms with Gasteiger partial charge in [-0.1, -0.05) is 34.1 Å². The SMILES string of the molecule is COC(=O)[C@H](Cc1c[nH]c2ccccc12)N=Cc1c(O)n(-c2ccc(Br)cc2)c(=O)[nH]c1=O. The third kappa shape index (κ3) is 4.51. The Balaban J connectivity index is 1.72. The number of hydrogen-bond acceptors (Lipinski definition) is 6. The maximum atomic E-state index is 12.4. The summed E-state index contributed by atoms with van der Waals surface area (Å²) < 4.78 is 6.60. The van der Waals surface area contributed by atoms with Gasteiger partial charge in [0, 0.05) is 34.2 Å². The van der Waals surface area contributed by atoms with Gasteiger partial charge in [0.25, 0.3) is 5.56 Å². The van der Waals surface area contributed by atoms with E-state index in [0.29, 0.717) is 5.69 Å². The molecule has 4 rings (SSSR count). The number of nitrogens with zero attached hydrogens (tertiary/aromatic N) is 2. The molecule has 2 aromatic carbocycles. The first kappa shape index (κ1) is 22.3. The number of aromatic hydroxyl groups is 1. The minimum absolute atomic E-state index is 0.207. The fourth-order valence-corrected chi connectivity index (χ4v) is 3.76. The number of aliphatic imine (C=N–C) groups is 1. The van der Waals surface area contributed by atoms with Gasteiger partial charge in [0.05, 0.1) is 12.8 Å². The number of hydrogen-bond donors (Lipinski definition) is 3. The molecule has 0 amide bonds. The van der Waals surface area contributed by atoms with Gasteiger partial charge in [0.15, 0.2) is 6.04 Å². The molecule has 0 saturated heterocycles. The molecule has 0 aliphatic heterocycles. The number of methoxy groups -OCH3 is 1. The zero-order valence-electron chi connectivity index (χ0n) is 17.4. The molecule has 2 heterocycles. The summed E-state index contributed by atoms with van der Waals surface area (Å²) >= 11 is 3.31. The standard InChI is InChI=1S/C23H19BrN4O5/c1-33-22(31)19(10-13-11-25-18-5-3-2-4-16(13)18)26-12-17-20(29)27-23(32)28(21(17)30)15-8-6-14(24)7-9-15/h2-9,11-12,19,25,30H,10H2,1H3,(H,27,29,32)/t19-/m0/s1. The Morgan fingerprint density at radius 1 is 1.21 bits per heavy atom. The van der Waals surface area contributed by atoms with E-state index in [0.717, 1.165) is 31.7 Å². The Bertz CT molecular complexity index is 1470. The lowest BCUT2D eigenvalue weighted by Crippen LogP contribution is -2.31. The molecule has 2 aromatic heterocycles. The molecule has 4 aromatic rings. The Morgan fingerprint density at radius 2 is 1.94 bits per heavy atom. The molecule has 0 unspecified atom stereocenters.